The van der Waals surface area contributed by atoms with Crippen LogP contribution in [0.1, 0.15) is 18.4 Å². The zero-order valence-electron chi connectivity index (χ0n) is 8.55. The molecule has 0 bridgehead atoms. The van der Waals surface area contributed by atoms with Crippen LogP contribution in [0.5, 0.6) is 5.75 Å². The van der Waals surface area contributed by atoms with Gasteiger partial charge < -0.3 is 10.5 Å². The van der Waals surface area contributed by atoms with E-state index < -0.39 is 11.7 Å². The molecule has 1 aromatic rings. The number of nitrogens with two attached hydrogens (primary N) is 1. The molecule has 88 valence electrons. The Kier molecular flexibility index (Phi) is 2.69. The fourth-order valence-corrected chi connectivity index (χ4v) is 1.37. The number of alkyl halides is 3. The Balaban J connectivity index is 2.14. The zero-order valence-corrected chi connectivity index (χ0v) is 8.55. The monoisotopic (exact) mass is 231 g/mol. The number of ether oxygens (including phenoxy) is 1. The van der Waals surface area contributed by atoms with Crippen LogP contribution in [0, 0.1) is 5.92 Å². The Labute approximate surface area is 91.2 Å². The molecule has 2 rings (SSSR count). The van der Waals surface area contributed by atoms with Gasteiger partial charge in [-0.1, -0.05) is 0 Å². The van der Waals surface area contributed by atoms with Gasteiger partial charge >= 0.3 is 6.18 Å². The molecule has 1 saturated carbocycles. The van der Waals surface area contributed by atoms with Crippen molar-refractivity contribution in [3.63, 3.8) is 0 Å². The average Bonchev–Trinajstić information content (AvgIpc) is 2.96. The molecule has 0 spiro atoms. The van der Waals surface area contributed by atoms with Gasteiger partial charge in [-0.05, 0) is 30.9 Å². The molecule has 0 amide bonds. The first-order chi connectivity index (χ1) is 7.45. The topological polar surface area (TPSA) is 35.2 Å². The molecular formula is C11H12F3NO. The molecule has 0 aromatic heterocycles. The highest BCUT2D eigenvalue weighted by Crippen LogP contribution is 2.34. The SMILES string of the molecule is Nc1cc(OCC2CC2)cc(C(F)(F)F)c1. The maximum absolute atomic E-state index is 12.4. The van der Waals surface area contributed by atoms with Crippen LogP contribution in [-0.2, 0) is 6.18 Å². The first kappa shape index (κ1) is 11.1. The van der Waals surface area contributed by atoms with E-state index in [1.807, 2.05) is 0 Å². The van der Waals surface area contributed by atoms with E-state index in [1.54, 1.807) is 0 Å². The molecule has 2 N–H and O–H groups in total. The number of nitrogen functional groups attached to an aromatic ring is 1. The van der Waals surface area contributed by atoms with Gasteiger partial charge in [0, 0.05) is 11.8 Å². The van der Waals surface area contributed by atoms with E-state index >= 15 is 0 Å². The number of hydrogen-bond acceptors (Lipinski definition) is 2. The smallest absolute Gasteiger partial charge is 0.416 e. The van der Waals surface area contributed by atoms with Crippen LogP contribution >= 0.6 is 0 Å². The van der Waals surface area contributed by atoms with Gasteiger partial charge in [-0.3, -0.25) is 0 Å². The molecule has 1 aromatic carbocycles. The summed E-state index contributed by atoms with van der Waals surface area (Å²) in [4.78, 5) is 0. The number of anilines is 1. The predicted octanol–water partition coefficient (Wildman–Crippen LogP) is 3.08. The molecule has 0 aliphatic heterocycles. The van der Waals surface area contributed by atoms with Crippen molar-refractivity contribution < 1.29 is 17.9 Å². The molecule has 0 unspecified atom stereocenters. The quantitative estimate of drug-likeness (QED) is 0.811. The normalized spacial score (nSPS) is 16.2. The van der Waals surface area contributed by atoms with E-state index in [-0.39, 0.29) is 11.4 Å². The summed E-state index contributed by atoms with van der Waals surface area (Å²) in [5.41, 5.74) is 4.70. The molecule has 1 aliphatic carbocycles. The van der Waals surface area contributed by atoms with Gasteiger partial charge in [0.05, 0.1) is 12.2 Å². The minimum Gasteiger partial charge on any atom is -0.493 e. The molecule has 0 atom stereocenters. The van der Waals surface area contributed by atoms with Gasteiger partial charge in [-0.2, -0.15) is 13.2 Å². The zero-order chi connectivity index (χ0) is 11.8. The summed E-state index contributed by atoms with van der Waals surface area (Å²) >= 11 is 0. The van der Waals surface area contributed by atoms with Crippen LogP contribution in [-0.4, -0.2) is 6.61 Å². The van der Waals surface area contributed by atoms with Crippen molar-refractivity contribution in [3.05, 3.63) is 23.8 Å². The number of rotatable bonds is 3. The number of benzene rings is 1. The van der Waals surface area contributed by atoms with Crippen LogP contribution in [0.15, 0.2) is 18.2 Å². The Morgan fingerprint density at radius 3 is 2.50 bits per heavy atom. The average molecular weight is 231 g/mol. The molecule has 2 nitrogen and oxygen atoms in total. The van der Waals surface area contributed by atoms with Gasteiger partial charge in [0.25, 0.3) is 0 Å². The van der Waals surface area contributed by atoms with Gasteiger partial charge in [0.2, 0.25) is 0 Å². The number of hydrogen-bond donors (Lipinski definition) is 1. The van der Waals surface area contributed by atoms with E-state index in [0.717, 1.165) is 25.0 Å². The van der Waals surface area contributed by atoms with E-state index in [2.05, 4.69) is 0 Å². The van der Waals surface area contributed by atoms with Crippen molar-refractivity contribution in [3.8, 4) is 5.75 Å². The van der Waals surface area contributed by atoms with E-state index in [1.165, 1.54) is 6.07 Å². The van der Waals surface area contributed by atoms with Gasteiger partial charge in [0.15, 0.2) is 0 Å². The lowest BCUT2D eigenvalue weighted by atomic mass is 10.2. The third-order valence-electron chi connectivity index (χ3n) is 2.44. The lowest BCUT2D eigenvalue weighted by Crippen LogP contribution is -2.07. The second-order valence-corrected chi connectivity index (χ2v) is 4.04. The van der Waals surface area contributed by atoms with Crippen LogP contribution in [0.4, 0.5) is 18.9 Å². The summed E-state index contributed by atoms with van der Waals surface area (Å²) in [6.45, 7) is 0.473. The summed E-state index contributed by atoms with van der Waals surface area (Å²) in [6, 6.07) is 3.31. The van der Waals surface area contributed by atoms with Crippen LogP contribution < -0.4 is 10.5 Å². The van der Waals surface area contributed by atoms with Crippen LogP contribution in [0.25, 0.3) is 0 Å². The molecule has 0 radical (unpaired) electrons. The molecule has 1 fully saturated rings. The second kappa shape index (κ2) is 3.88. The fraction of sp³-hybridized carbons (Fsp3) is 0.455. The Morgan fingerprint density at radius 2 is 1.94 bits per heavy atom. The molecule has 0 saturated heterocycles. The van der Waals surface area contributed by atoms with Gasteiger partial charge in [-0.15, -0.1) is 0 Å². The maximum Gasteiger partial charge on any atom is 0.416 e. The van der Waals surface area contributed by atoms with Crippen LogP contribution in [0.2, 0.25) is 0 Å². The lowest BCUT2D eigenvalue weighted by molar-refractivity contribution is -0.137. The first-order valence-corrected chi connectivity index (χ1v) is 5.06. The molecule has 16 heavy (non-hydrogen) atoms. The van der Waals surface area contributed by atoms with E-state index in [0.29, 0.717) is 12.5 Å². The van der Waals surface area contributed by atoms with Crippen molar-refractivity contribution in [1.82, 2.24) is 0 Å². The second-order valence-electron chi connectivity index (χ2n) is 4.04. The summed E-state index contributed by atoms with van der Waals surface area (Å²) in [5.74, 6) is 0.690. The van der Waals surface area contributed by atoms with E-state index in [9.17, 15) is 13.2 Å². The fourth-order valence-electron chi connectivity index (χ4n) is 1.37. The number of halogens is 3. The first-order valence-electron chi connectivity index (χ1n) is 5.06. The highest BCUT2D eigenvalue weighted by atomic mass is 19.4. The Morgan fingerprint density at radius 1 is 1.25 bits per heavy atom. The Bertz CT molecular complexity index is 385. The van der Waals surface area contributed by atoms with Gasteiger partial charge in [-0.25, -0.2) is 0 Å². The minimum absolute atomic E-state index is 0.0700. The van der Waals surface area contributed by atoms with Gasteiger partial charge in [0.1, 0.15) is 5.75 Å². The van der Waals surface area contributed by atoms with Crippen molar-refractivity contribution in [1.29, 1.82) is 0 Å². The highest BCUT2D eigenvalue weighted by Gasteiger charge is 2.31. The third-order valence-corrected chi connectivity index (χ3v) is 2.44. The maximum atomic E-state index is 12.4. The van der Waals surface area contributed by atoms with Crippen LogP contribution in [0.3, 0.4) is 0 Å². The molecule has 5 heteroatoms. The van der Waals surface area contributed by atoms with Crippen molar-refractivity contribution in [2.24, 2.45) is 5.92 Å². The molecular weight excluding hydrogens is 219 g/mol. The molecule has 1 aliphatic rings. The largest absolute Gasteiger partial charge is 0.493 e. The minimum atomic E-state index is -4.38. The van der Waals surface area contributed by atoms with Crippen molar-refractivity contribution in [2.75, 3.05) is 12.3 Å². The Hall–Kier alpha value is -1.39. The summed E-state index contributed by atoms with van der Waals surface area (Å²) < 4.78 is 42.6. The highest BCUT2D eigenvalue weighted by molar-refractivity contribution is 5.48. The predicted molar refractivity (Wildman–Crippen MR) is 54.1 cm³/mol. The standard InChI is InChI=1S/C11H12F3NO/c12-11(13,14)8-3-9(15)5-10(4-8)16-6-7-1-2-7/h3-5,7H,1-2,6,15H2. The summed E-state index contributed by atoms with van der Waals surface area (Å²) in [5, 5.41) is 0. The lowest BCUT2D eigenvalue weighted by Gasteiger charge is -2.11. The molecule has 0 heterocycles. The van der Waals surface area contributed by atoms with Crippen molar-refractivity contribution in [2.45, 2.75) is 19.0 Å². The summed E-state index contributed by atoms with van der Waals surface area (Å²) in [6.07, 6.45) is -2.20. The van der Waals surface area contributed by atoms with Crippen molar-refractivity contribution >= 4 is 5.69 Å². The summed E-state index contributed by atoms with van der Waals surface area (Å²) in [7, 11) is 0. The third kappa shape index (κ3) is 2.81. The van der Waals surface area contributed by atoms with E-state index in [4.69, 9.17) is 10.5 Å².